The smallest absolute Gasteiger partial charge is 0.276 e. The Bertz CT molecular complexity index is 728. The summed E-state index contributed by atoms with van der Waals surface area (Å²) in [6.45, 7) is 0.537. The Morgan fingerprint density at radius 3 is 2.95 bits per heavy atom. The van der Waals surface area contributed by atoms with Crippen LogP contribution in [0.15, 0.2) is 42.7 Å². The fourth-order valence-corrected chi connectivity index (χ4v) is 2.41. The fourth-order valence-electron chi connectivity index (χ4n) is 2.41. The number of benzene rings is 1. The van der Waals surface area contributed by atoms with E-state index in [1.165, 1.54) is 6.07 Å². The molecule has 6 nitrogen and oxygen atoms in total. The fraction of sp³-hybridized carbons (Fsp3) is 0.133. The summed E-state index contributed by atoms with van der Waals surface area (Å²) in [7, 11) is 1.57. The normalized spacial score (nSPS) is 12.9. The number of nitrogens with zero attached hydrogens (tertiary/aromatic N) is 3. The van der Waals surface area contributed by atoms with Crippen LogP contribution >= 0.6 is 0 Å². The molecule has 0 radical (unpaired) electrons. The lowest BCUT2D eigenvalue weighted by Crippen LogP contribution is -2.20. The van der Waals surface area contributed by atoms with Crippen LogP contribution in [-0.4, -0.2) is 17.0 Å². The van der Waals surface area contributed by atoms with Gasteiger partial charge in [0.1, 0.15) is 5.69 Å². The molecule has 1 aliphatic rings. The zero-order valence-electron chi connectivity index (χ0n) is 11.4. The first kappa shape index (κ1) is 13.1. The first-order valence-corrected chi connectivity index (χ1v) is 6.41. The third-order valence-electron chi connectivity index (χ3n) is 3.39. The van der Waals surface area contributed by atoms with Crippen molar-refractivity contribution >= 4 is 17.5 Å². The maximum absolute atomic E-state index is 11.1. The van der Waals surface area contributed by atoms with Crippen molar-refractivity contribution in [2.75, 3.05) is 12.0 Å². The summed E-state index contributed by atoms with van der Waals surface area (Å²) >= 11 is 0. The number of pyridine rings is 1. The van der Waals surface area contributed by atoms with Crippen LogP contribution in [0, 0.1) is 10.1 Å². The van der Waals surface area contributed by atoms with Gasteiger partial charge in [0.2, 0.25) is 5.88 Å². The highest BCUT2D eigenvalue weighted by atomic mass is 16.6. The van der Waals surface area contributed by atoms with Crippen molar-refractivity contribution in [2.24, 2.45) is 0 Å². The molecule has 1 aromatic carbocycles. The molecule has 2 aromatic rings. The molecule has 0 atom stereocenters. The quantitative estimate of drug-likeness (QED) is 0.639. The molecule has 0 amide bonds. The van der Waals surface area contributed by atoms with Crippen LogP contribution in [0.4, 0.5) is 11.4 Å². The molecule has 21 heavy (non-hydrogen) atoms. The number of hydrogen-bond donors (Lipinski definition) is 0. The van der Waals surface area contributed by atoms with E-state index in [2.05, 4.69) is 4.98 Å². The summed E-state index contributed by atoms with van der Waals surface area (Å²) in [5, 5.41) is 11.1. The molecule has 0 saturated carbocycles. The van der Waals surface area contributed by atoms with Crippen molar-refractivity contribution in [1.82, 2.24) is 4.98 Å². The first-order chi connectivity index (χ1) is 10.2. The third kappa shape index (κ3) is 2.31. The Morgan fingerprint density at radius 2 is 2.19 bits per heavy atom. The summed E-state index contributed by atoms with van der Waals surface area (Å²) in [6, 6.07) is 8.84. The Labute approximate surface area is 121 Å². The van der Waals surface area contributed by atoms with Crippen molar-refractivity contribution in [3.63, 3.8) is 0 Å². The van der Waals surface area contributed by atoms with Crippen LogP contribution in [0.3, 0.4) is 0 Å². The molecule has 3 rings (SSSR count). The number of anilines is 1. The number of methoxy groups -OCH3 is 1. The number of hydrogen-bond acceptors (Lipinski definition) is 5. The highest BCUT2D eigenvalue weighted by molar-refractivity contribution is 5.71. The summed E-state index contributed by atoms with van der Waals surface area (Å²) in [6.07, 6.45) is 5.23. The summed E-state index contributed by atoms with van der Waals surface area (Å²) in [5.41, 5.74) is 2.51. The van der Waals surface area contributed by atoms with Crippen molar-refractivity contribution in [2.45, 2.75) is 6.54 Å². The van der Waals surface area contributed by atoms with Gasteiger partial charge in [-0.05, 0) is 23.8 Å². The number of aromatic nitrogens is 1. The van der Waals surface area contributed by atoms with Gasteiger partial charge in [0.05, 0.1) is 17.6 Å². The molecule has 0 saturated heterocycles. The molecular weight excluding hydrogens is 270 g/mol. The van der Waals surface area contributed by atoms with Gasteiger partial charge in [0, 0.05) is 25.0 Å². The SMILES string of the molecule is COc1ncccc1N1C=Cc2c(cccc2[N+](=O)[O-])C1. The van der Waals surface area contributed by atoms with Crippen LogP contribution in [-0.2, 0) is 6.54 Å². The maximum atomic E-state index is 11.1. The van der Waals surface area contributed by atoms with Crippen LogP contribution in [0.25, 0.3) is 6.08 Å². The van der Waals surface area contributed by atoms with Crippen LogP contribution in [0.1, 0.15) is 11.1 Å². The topological polar surface area (TPSA) is 68.5 Å². The Hall–Kier alpha value is -2.89. The highest BCUT2D eigenvalue weighted by Gasteiger charge is 2.21. The summed E-state index contributed by atoms with van der Waals surface area (Å²) < 4.78 is 5.25. The molecule has 2 heterocycles. The summed E-state index contributed by atoms with van der Waals surface area (Å²) in [4.78, 5) is 16.8. The van der Waals surface area contributed by atoms with E-state index in [0.717, 1.165) is 11.3 Å². The standard InChI is InChI=1S/C15H13N3O3/c1-21-15-14(6-3-8-16-15)17-9-7-12-11(10-17)4-2-5-13(12)18(19)20/h2-9H,10H2,1H3. The van der Waals surface area contributed by atoms with E-state index in [-0.39, 0.29) is 10.6 Å². The number of nitro groups is 1. The van der Waals surface area contributed by atoms with E-state index in [4.69, 9.17) is 4.74 Å². The van der Waals surface area contributed by atoms with Gasteiger partial charge < -0.3 is 9.64 Å². The molecule has 1 aromatic heterocycles. The van der Waals surface area contributed by atoms with Gasteiger partial charge in [-0.2, -0.15) is 0 Å². The highest BCUT2D eigenvalue weighted by Crippen LogP contribution is 2.33. The van der Waals surface area contributed by atoms with Gasteiger partial charge in [0.25, 0.3) is 5.69 Å². The lowest BCUT2D eigenvalue weighted by atomic mass is 10.0. The Kier molecular flexibility index (Phi) is 3.27. The van der Waals surface area contributed by atoms with Crippen molar-refractivity contribution in [3.8, 4) is 5.88 Å². The Balaban J connectivity index is 2.00. The van der Waals surface area contributed by atoms with E-state index in [0.29, 0.717) is 18.0 Å². The molecule has 0 spiro atoms. The number of rotatable bonds is 3. The van der Waals surface area contributed by atoms with Crippen LogP contribution in [0.2, 0.25) is 0 Å². The predicted octanol–water partition coefficient (Wildman–Crippen LogP) is 2.99. The van der Waals surface area contributed by atoms with Gasteiger partial charge in [-0.3, -0.25) is 10.1 Å². The van der Waals surface area contributed by atoms with E-state index in [9.17, 15) is 10.1 Å². The van der Waals surface area contributed by atoms with Gasteiger partial charge in [-0.25, -0.2) is 4.98 Å². The second-order valence-electron chi connectivity index (χ2n) is 4.58. The second kappa shape index (κ2) is 5.24. The van der Waals surface area contributed by atoms with E-state index in [1.54, 1.807) is 25.4 Å². The van der Waals surface area contributed by atoms with Gasteiger partial charge in [-0.1, -0.05) is 12.1 Å². The van der Waals surface area contributed by atoms with E-state index in [1.807, 2.05) is 29.3 Å². The molecule has 0 bridgehead atoms. The van der Waals surface area contributed by atoms with Gasteiger partial charge in [-0.15, -0.1) is 0 Å². The lowest BCUT2D eigenvalue weighted by molar-refractivity contribution is -0.385. The predicted molar refractivity (Wildman–Crippen MR) is 79.1 cm³/mol. The van der Waals surface area contributed by atoms with E-state index < -0.39 is 0 Å². The van der Waals surface area contributed by atoms with Crippen LogP contribution < -0.4 is 9.64 Å². The lowest BCUT2D eigenvalue weighted by Gasteiger charge is -2.26. The maximum Gasteiger partial charge on any atom is 0.276 e. The zero-order chi connectivity index (χ0) is 14.8. The van der Waals surface area contributed by atoms with Crippen molar-refractivity contribution < 1.29 is 9.66 Å². The number of fused-ring (bicyclic) bond motifs is 1. The minimum Gasteiger partial charge on any atom is -0.480 e. The summed E-state index contributed by atoms with van der Waals surface area (Å²) in [5.74, 6) is 0.524. The van der Waals surface area contributed by atoms with Crippen molar-refractivity contribution in [3.05, 3.63) is 64.0 Å². The molecule has 0 aliphatic carbocycles. The molecule has 0 N–H and O–H groups in total. The molecule has 0 unspecified atom stereocenters. The average Bonchev–Trinajstić information content (AvgIpc) is 2.53. The van der Waals surface area contributed by atoms with Crippen LogP contribution in [0.5, 0.6) is 5.88 Å². The molecule has 0 fully saturated rings. The first-order valence-electron chi connectivity index (χ1n) is 6.41. The molecule has 1 aliphatic heterocycles. The third-order valence-corrected chi connectivity index (χ3v) is 3.39. The van der Waals surface area contributed by atoms with Crippen molar-refractivity contribution in [1.29, 1.82) is 0 Å². The number of nitro benzene ring substituents is 1. The average molecular weight is 283 g/mol. The Morgan fingerprint density at radius 1 is 1.33 bits per heavy atom. The second-order valence-corrected chi connectivity index (χ2v) is 4.58. The minimum atomic E-state index is -0.358. The molecular formula is C15H13N3O3. The molecule has 106 valence electrons. The van der Waals surface area contributed by atoms with Gasteiger partial charge in [0.15, 0.2) is 0 Å². The number of ether oxygens (including phenoxy) is 1. The monoisotopic (exact) mass is 283 g/mol. The van der Waals surface area contributed by atoms with E-state index >= 15 is 0 Å². The van der Waals surface area contributed by atoms with Gasteiger partial charge >= 0.3 is 0 Å². The largest absolute Gasteiger partial charge is 0.480 e. The minimum absolute atomic E-state index is 0.126. The molecule has 6 heteroatoms. The zero-order valence-corrected chi connectivity index (χ0v) is 11.4.